The summed E-state index contributed by atoms with van der Waals surface area (Å²) in [6.07, 6.45) is 0.871. The predicted octanol–water partition coefficient (Wildman–Crippen LogP) is 4.32. The Kier molecular flexibility index (Phi) is 5.04. The van der Waals surface area contributed by atoms with Gasteiger partial charge in [-0.15, -0.1) is 0 Å². The van der Waals surface area contributed by atoms with E-state index in [0.717, 1.165) is 17.0 Å². The number of aryl methyl sites for hydroxylation is 4. The van der Waals surface area contributed by atoms with Gasteiger partial charge in [-0.1, -0.05) is 41.4 Å². The maximum Gasteiger partial charge on any atom is 0.0500 e. The molecule has 1 atom stereocenters. The van der Waals surface area contributed by atoms with Crippen LogP contribution in [0.15, 0.2) is 30.3 Å². The fourth-order valence-electron chi connectivity index (χ4n) is 2.89. The molecule has 0 heterocycles. The molecule has 0 bridgehead atoms. The Morgan fingerprint density at radius 1 is 1.00 bits per heavy atom. The van der Waals surface area contributed by atoms with Gasteiger partial charge in [-0.3, -0.25) is 11.3 Å². The molecule has 3 N–H and O–H groups in total. The largest absolute Gasteiger partial charge is 0.271 e. The summed E-state index contributed by atoms with van der Waals surface area (Å²) < 4.78 is 0. The molecule has 2 rings (SSSR count). The second-order valence-electron chi connectivity index (χ2n) is 5.81. The molecule has 21 heavy (non-hydrogen) atoms. The Morgan fingerprint density at radius 3 is 2.14 bits per heavy atom. The van der Waals surface area contributed by atoms with Crippen LogP contribution in [-0.4, -0.2) is 0 Å². The van der Waals surface area contributed by atoms with Crippen molar-refractivity contribution in [2.75, 3.05) is 0 Å². The average Bonchev–Trinajstić information content (AvgIpc) is 2.41. The lowest BCUT2D eigenvalue weighted by atomic mass is 9.91. The van der Waals surface area contributed by atoms with Gasteiger partial charge in [0.25, 0.3) is 0 Å². The molecule has 3 heteroatoms. The molecule has 0 aliphatic rings. The molecule has 0 saturated heterocycles. The predicted molar refractivity (Wildman–Crippen MR) is 90.6 cm³/mol. The molecule has 2 aromatic carbocycles. The molecule has 0 aliphatic carbocycles. The van der Waals surface area contributed by atoms with E-state index in [0.29, 0.717) is 0 Å². The fourth-order valence-corrected chi connectivity index (χ4v) is 3.01. The monoisotopic (exact) mass is 302 g/mol. The number of hydrogen-bond donors (Lipinski definition) is 2. The van der Waals surface area contributed by atoms with Crippen LogP contribution in [0.25, 0.3) is 0 Å². The third kappa shape index (κ3) is 3.65. The van der Waals surface area contributed by atoms with Crippen molar-refractivity contribution in [2.24, 2.45) is 5.84 Å². The van der Waals surface area contributed by atoms with Gasteiger partial charge in [-0.2, -0.15) is 0 Å². The van der Waals surface area contributed by atoms with Crippen LogP contribution < -0.4 is 11.3 Å². The van der Waals surface area contributed by atoms with Crippen molar-refractivity contribution in [3.63, 3.8) is 0 Å². The van der Waals surface area contributed by atoms with Crippen molar-refractivity contribution in [1.29, 1.82) is 0 Å². The summed E-state index contributed by atoms with van der Waals surface area (Å²) in [5.74, 6) is 5.79. The molecule has 2 nitrogen and oxygen atoms in total. The first-order chi connectivity index (χ1) is 9.92. The highest BCUT2D eigenvalue weighted by Crippen LogP contribution is 2.26. The van der Waals surface area contributed by atoms with Crippen molar-refractivity contribution in [2.45, 2.75) is 40.2 Å². The lowest BCUT2D eigenvalue weighted by Crippen LogP contribution is -2.30. The van der Waals surface area contributed by atoms with Crippen molar-refractivity contribution in [3.8, 4) is 0 Å². The van der Waals surface area contributed by atoms with E-state index in [2.05, 4.69) is 44.4 Å². The molecule has 0 spiro atoms. The van der Waals surface area contributed by atoms with Gasteiger partial charge in [0.15, 0.2) is 0 Å². The van der Waals surface area contributed by atoms with Gasteiger partial charge in [0.2, 0.25) is 0 Å². The number of benzene rings is 2. The maximum absolute atomic E-state index is 6.10. The molecule has 2 aromatic rings. The summed E-state index contributed by atoms with van der Waals surface area (Å²) in [4.78, 5) is 0. The summed E-state index contributed by atoms with van der Waals surface area (Å²) in [6.45, 7) is 8.47. The second-order valence-corrected chi connectivity index (χ2v) is 6.22. The molecule has 1 unspecified atom stereocenters. The van der Waals surface area contributed by atoms with E-state index in [1.54, 1.807) is 0 Å². The van der Waals surface area contributed by atoms with E-state index >= 15 is 0 Å². The van der Waals surface area contributed by atoms with Crippen LogP contribution in [0.1, 0.15) is 39.4 Å². The number of hydrogen-bond acceptors (Lipinski definition) is 2. The zero-order valence-electron chi connectivity index (χ0n) is 13.1. The molecule has 0 radical (unpaired) electrons. The minimum Gasteiger partial charge on any atom is -0.271 e. The number of nitrogens with two attached hydrogens (primary N) is 1. The van der Waals surface area contributed by atoms with Crippen LogP contribution >= 0.6 is 11.6 Å². The first kappa shape index (κ1) is 16.0. The van der Waals surface area contributed by atoms with Gasteiger partial charge < -0.3 is 0 Å². The zero-order valence-corrected chi connectivity index (χ0v) is 13.9. The first-order valence-electron chi connectivity index (χ1n) is 7.21. The van der Waals surface area contributed by atoms with Gasteiger partial charge in [-0.25, -0.2) is 0 Å². The highest BCUT2D eigenvalue weighted by atomic mass is 35.5. The van der Waals surface area contributed by atoms with E-state index in [9.17, 15) is 0 Å². The Labute approximate surface area is 132 Å². The second kappa shape index (κ2) is 6.61. The van der Waals surface area contributed by atoms with Gasteiger partial charge in [0, 0.05) is 5.02 Å². The number of hydrazine groups is 1. The summed E-state index contributed by atoms with van der Waals surface area (Å²) in [5.41, 5.74) is 10.5. The maximum atomic E-state index is 6.10. The first-order valence-corrected chi connectivity index (χ1v) is 7.59. The normalized spacial score (nSPS) is 12.5. The molecular formula is C18H23ClN2. The van der Waals surface area contributed by atoms with Crippen LogP contribution in [-0.2, 0) is 6.42 Å². The molecule has 0 fully saturated rings. The molecule has 0 aromatic heterocycles. The minimum atomic E-state index is 0.0843. The molecule has 0 aliphatic heterocycles. The van der Waals surface area contributed by atoms with Crippen LogP contribution in [0.4, 0.5) is 0 Å². The van der Waals surface area contributed by atoms with Gasteiger partial charge in [-0.05, 0) is 68.0 Å². The van der Waals surface area contributed by atoms with E-state index < -0.39 is 0 Å². The zero-order chi connectivity index (χ0) is 15.6. The Bertz CT molecular complexity index is 627. The topological polar surface area (TPSA) is 38.0 Å². The van der Waals surface area contributed by atoms with Crippen LogP contribution in [0.3, 0.4) is 0 Å². The van der Waals surface area contributed by atoms with E-state index in [1.165, 1.54) is 27.8 Å². The van der Waals surface area contributed by atoms with Crippen molar-refractivity contribution < 1.29 is 0 Å². The van der Waals surface area contributed by atoms with Crippen molar-refractivity contribution in [3.05, 3.63) is 68.7 Å². The Hall–Kier alpha value is -1.35. The standard InChI is InChI=1S/C18H23ClN2/c1-11-7-12(2)16(13(3)8-11)10-18(21-20)15-5-6-17(19)14(4)9-15/h5-9,18,21H,10,20H2,1-4H3. The smallest absolute Gasteiger partial charge is 0.0500 e. The lowest BCUT2D eigenvalue weighted by Gasteiger charge is -2.20. The fraction of sp³-hybridized carbons (Fsp3) is 0.333. The summed E-state index contributed by atoms with van der Waals surface area (Å²) in [5, 5.41) is 0.789. The number of halogens is 1. The van der Waals surface area contributed by atoms with E-state index in [4.69, 9.17) is 17.4 Å². The van der Waals surface area contributed by atoms with Gasteiger partial charge in [0.1, 0.15) is 0 Å². The number of rotatable bonds is 4. The van der Waals surface area contributed by atoms with Crippen LogP contribution in [0.5, 0.6) is 0 Å². The SMILES string of the molecule is Cc1cc(C)c(CC(NN)c2ccc(Cl)c(C)c2)c(C)c1. The lowest BCUT2D eigenvalue weighted by molar-refractivity contribution is 0.549. The molecule has 112 valence electrons. The summed E-state index contributed by atoms with van der Waals surface area (Å²) in [6, 6.07) is 10.6. The van der Waals surface area contributed by atoms with Crippen molar-refractivity contribution >= 4 is 11.6 Å². The molecule has 0 amide bonds. The third-order valence-corrected chi connectivity index (χ3v) is 4.46. The highest BCUT2D eigenvalue weighted by molar-refractivity contribution is 6.31. The quantitative estimate of drug-likeness (QED) is 0.652. The summed E-state index contributed by atoms with van der Waals surface area (Å²) in [7, 11) is 0. The summed E-state index contributed by atoms with van der Waals surface area (Å²) >= 11 is 6.10. The molecule has 0 saturated carbocycles. The Balaban J connectivity index is 2.33. The third-order valence-electron chi connectivity index (χ3n) is 4.03. The van der Waals surface area contributed by atoms with Gasteiger partial charge >= 0.3 is 0 Å². The Morgan fingerprint density at radius 2 is 1.62 bits per heavy atom. The van der Waals surface area contributed by atoms with E-state index in [1.807, 2.05) is 19.1 Å². The number of nitrogens with one attached hydrogen (secondary N) is 1. The van der Waals surface area contributed by atoms with Crippen LogP contribution in [0, 0.1) is 27.7 Å². The minimum absolute atomic E-state index is 0.0843. The average molecular weight is 303 g/mol. The van der Waals surface area contributed by atoms with Gasteiger partial charge in [0.05, 0.1) is 6.04 Å². The highest BCUT2D eigenvalue weighted by Gasteiger charge is 2.14. The van der Waals surface area contributed by atoms with Crippen LogP contribution in [0.2, 0.25) is 5.02 Å². The molecular weight excluding hydrogens is 280 g/mol. The van der Waals surface area contributed by atoms with E-state index in [-0.39, 0.29) is 6.04 Å². The van der Waals surface area contributed by atoms with Crippen molar-refractivity contribution in [1.82, 2.24) is 5.43 Å².